The summed E-state index contributed by atoms with van der Waals surface area (Å²) in [7, 11) is 0. The van der Waals surface area contributed by atoms with Crippen LogP contribution in [0.2, 0.25) is 0 Å². The molecule has 3 aromatic carbocycles. The van der Waals surface area contributed by atoms with E-state index in [1.54, 1.807) is 6.07 Å². The molecule has 0 radical (unpaired) electrons. The minimum absolute atomic E-state index is 0.0653. The first-order valence-corrected chi connectivity index (χ1v) is 11.9. The van der Waals surface area contributed by atoms with E-state index in [-0.39, 0.29) is 23.1 Å². The van der Waals surface area contributed by atoms with Crippen molar-refractivity contribution in [3.05, 3.63) is 111 Å². The summed E-state index contributed by atoms with van der Waals surface area (Å²) in [5.74, 6) is -0.203. The van der Waals surface area contributed by atoms with Gasteiger partial charge >= 0.3 is 0 Å². The smallest absolute Gasteiger partial charge is 0.288 e. The molecule has 0 aliphatic carbocycles. The molecule has 4 aromatic rings. The highest BCUT2D eigenvalue weighted by atomic mass is 16.6. The van der Waals surface area contributed by atoms with Crippen molar-refractivity contribution in [2.75, 3.05) is 10.6 Å². The number of rotatable bonds is 10. The number of hydrogen-bond donors (Lipinski definition) is 2. The van der Waals surface area contributed by atoms with Crippen LogP contribution >= 0.6 is 0 Å². The first kappa shape index (κ1) is 24.6. The molecule has 1 heterocycles. The highest BCUT2D eigenvalue weighted by Crippen LogP contribution is 2.21. The van der Waals surface area contributed by atoms with Crippen LogP contribution in [0.5, 0.6) is 0 Å². The number of carbonyl (C=O) groups is 1. The fourth-order valence-corrected chi connectivity index (χ4v) is 3.72. The number of nitrogens with one attached hydrogen (secondary N) is 2. The predicted molar refractivity (Wildman–Crippen MR) is 139 cm³/mol. The van der Waals surface area contributed by atoms with Crippen molar-refractivity contribution >= 4 is 23.5 Å². The van der Waals surface area contributed by atoms with Crippen LogP contribution in [0.15, 0.2) is 72.8 Å². The minimum atomic E-state index is -0.640. The van der Waals surface area contributed by atoms with Crippen LogP contribution in [0.25, 0.3) is 0 Å². The molecule has 0 spiro atoms. The van der Waals surface area contributed by atoms with Crippen LogP contribution in [-0.2, 0) is 25.9 Å². The molecule has 0 amide bonds. The molecule has 0 fully saturated rings. The van der Waals surface area contributed by atoms with Crippen LogP contribution in [0.4, 0.5) is 17.6 Å². The van der Waals surface area contributed by atoms with Gasteiger partial charge in [-0.05, 0) is 41.2 Å². The van der Waals surface area contributed by atoms with E-state index in [9.17, 15) is 14.9 Å². The molecule has 0 saturated heterocycles. The van der Waals surface area contributed by atoms with Crippen molar-refractivity contribution in [3.63, 3.8) is 0 Å². The maximum atomic E-state index is 13.3. The predicted octanol–water partition coefficient (Wildman–Crippen LogP) is 5.22. The van der Waals surface area contributed by atoms with Crippen molar-refractivity contribution in [3.8, 4) is 0 Å². The fraction of sp³-hybridized carbons (Fsp3) is 0.222. The zero-order valence-electron chi connectivity index (χ0n) is 20.3. The molecule has 0 unspecified atom stereocenters. The lowest BCUT2D eigenvalue weighted by Crippen LogP contribution is -2.19. The Morgan fingerprint density at radius 1 is 0.833 bits per heavy atom. The van der Waals surface area contributed by atoms with Crippen molar-refractivity contribution < 1.29 is 9.72 Å². The van der Waals surface area contributed by atoms with Gasteiger partial charge in [0.2, 0.25) is 11.9 Å². The quantitative estimate of drug-likeness (QED) is 0.234. The maximum Gasteiger partial charge on any atom is 0.288 e. The molecule has 0 saturated carbocycles. The molecule has 0 atom stereocenters. The van der Waals surface area contributed by atoms with E-state index >= 15 is 0 Å². The zero-order valence-corrected chi connectivity index (χ0v) is 20.3. The van der Waals surface area contributed by atoms with Gasteiger partial charge in [0.05, 0.1) is 4.92 Å². The normalized spacial score (nSPS) is 10.7. The van der Waals surface area contributed by atoms with Crippen LogP contribution < -0.4 is 10.6 Å². The molecule has 0 aliphatic heterocycles. The summed E-state index contributed by atoms with van der Waals surface area (Å²) in [6, 6.07) is 22.1. The number of anilines is 2. The van der Waals surface area contributed by atoms with Gasteiger partial charge in [0.25, 0.3) is 11.6 Å². The van der Waals surface area contributed by atoms with Crippen LogP contribution in [-0.4, -0.2) is 25.6 Å². The first-order chi connectivity index (χ1) is 17.5. The lowest BCUT2D eigenvalue weighted by atomic mass is 10.1. The average Bonchev–Trinajstić information content (AvgIpc) is 3.34. The fourth-order valence-electron chi connectivity index (χ4n) is 3.72. The highest BCUT2D eigenvalue weighted by molar-refractivity contribution is 6.00. The molecule has 0 bridgehead atoms. The van der Waals surface area contributed by atoms with E-state index in [2.05, 4.69) is 58.8 Å². The van der Waals surface area contributed by atoms with Crippen molar-refractivity contribution in [1.29, 1.82) is 0 Å². The van der Waals surface area contributed by atoms with Gasteiger partial charge in [-0.2, -0.15) is 9.67 Å². The molecule has 9 heteroatoms. The summed E-state index contributed by atoms with van der Waals surface area (Å²) in [5.41, 5.74) is 4.17. The van der Waals surface area contributed by atoms with Gasteiger partial charge in [0.1, 0.15) is 5.56 Å². The summed E-state index contributed by atoms with van der Waals surface area (Å²) < 4.78 is 1.07. The number of nitro groups is 1. The highest BCUT2D eigenvalue weighted by Gasteiger charge is 2.25. The number of hydrogen-bond acceptors (Lipinski definition) is 7. The summed E-state index contributed by atoms with van der Waals surface area (Å²) >= 11 is 0. The number of nitrogens with zero attached hydrogens (tertiary/aromatic N) is 4. The summed E-state index contributed by atoms with van der Waals surface area (Å²) in [6.45, 7) is 5.07. The topological polar surface area (TPSA) is 115 Å². The minimum Gasteiger partial charge on any atom is -0.350 e. The molecular formula is C27H28N6O3. The number of aromatic nitrogens is 3. The third-order valence-corrected chi connectivity index (χ3v) is 5.89. The Labute approximate surface area is 209 Å². The monoisotopic (exact) mass is 484 g/mol. The molecule has 1 aromatic heterocycles. The molecule has 4 rings (SSSR count). The summed E-state index contributed by atoms with van der Waals surface area (Å²) in [5, 5.41) is 22.1. The Morgan fingerprint density at radius 2 is 1.36 bits per heavy atom. The van der Waals surface area contributed by atoms with Crippen LogP contribution in [0, 0.1) is 10.1 Å². The van der Waals surface area contributed by atoms with E-state index in [0.29, 0.717) is 13.1 Å². The number of aryl methyl sites for hydroxylation is 2. The van der Waals surface area contributed by atoms with E-state index in [4.69, 9.17) is 0 Å². The molecule has 2 N–H and O–H groups in total. The third kappa shape index (κ3) is 5.75. The molecular weight excluding hydrogens is 456 g/mol. The number of nitro benzene ring substituents is 1. The lowest BCUT2D eigenvalue weighted by Gasteiger charge is -2.08. The first-order valence-electron chi connectivity index (χ1n) is 11.9. The van der Waals surface area contributed by atoms with Crippen LogP contribution in [0.3, 0.4) is 0 Å². The SMILES string of the molecule is CCc1ccc(CNc2nc(NCc3ccc(CC)cc3)n(C(=O)c3ccccc3[N+](=O)[O-])n2)cc1. The van der Waals surface area contributed by atoms with Gasteiger partial charge in [-0.25, -0.2) is 0 Å². The summed E-state index contributed by atoms with van der Waals surface area (Å²) in [4.78, 5) is 28.7. The Bertz CT molecular complexity index is 1350. The van der Waals surface area contributed by atoms with E-state index < -0.39 is 10.8 Å². The Kier molecular flexibility index (Phi) is 7.69. The molecule has 36 heavy (non-hydrogen) atoms. The summed E-state index contributed by atoms with van der Waals surface area (Å²) in [6.07, 6.45) is 1.91. The Balaban J connectivity index is 1.59. The Morgan fingerprint density at radius 3 is 1.92 bits per heavy atom. The zero-order chi connectivity index (χ0) is 25.5. The van der Waals surface area contributed by atoms with Gasteiger partial charge in [-0.15, -0.1) is 5.10 Å². The molecule has 184 valence electrons. The third-order valence-electron chi connectivity index (χ3n) is 5.89. The Hall–Kier alpha value is -4.53. The van der Waals surface area contributed by atoms with Gasteiger partial charge in [0.15, 0.2) is 0 Å². The second-order valence-electron chi connectivity index (χ2n) is 8.30. The van der Waals surface area contributed by atoms with Gasteiger partial charge in [-0.1, -0.05) is 74.5 Å². The second kappa shape index (κ2) is 11.3. The van der Waals surface area contributed by atoms with E-state index in [1.807, 2.05) is 24.3 Å². The number of carbonyl (C=O) groups excluding carboxylic acids is 1. The van der Waals surface area contributed by atoms with Gasteiger partial charge in [0, 0.05) is 19.2 Å². The number of benzene rings is 3. The lowest BCUT2D eigenvalue weighted by molar-refractivity contribution is -0.385. The van der Waals surface area contributed by atoms with Crippen LogP contribution in [0.1, 0.15) is 46.5 Å². The standard InChI is InChI=1S/C27H28N6O3/c1-3-19-9-13-21(14-10-19)17-28-26-30-27(29-18-22-15-11-20(4-2)12-16-22)32(31-26)25(34)23-7-5-6-8-24(23)33(35)36/h5-16H,3-4,17-18H2,1-2H3,(H2,28,29,30,31). The second-order valence-corrected chi connectivity index (χ2v) is 8.30. The molecule has 0 aliphatic rings. The van der Waals surface area contributed by atoms with Crippen molar-refractivity contribution in [2.24, 2.45) is 0 Å². The van der Waals surface area contributed by atoms with E-state index in [1.165, 1.54) is 29.3 Å². The van der Waals surface area contributed by atoms with E-state index in [0.717, 1.165) is 28.7 Å². The van der Waals surface area contributed by atoms with Gasteiger partial charge in [-0.3, -0.25) is 14.9 Å². The average molecular weight is 485 g/mol. The van der Waals surface area contributed by atoms with Crippen molar-refractivity contribution in [1.82, 2.24) is 14.8 Å². The number of para-hydroxylation sites is 1. The molecule has 9 nitrogen and oxygen atoms in total. The van der Waals surface area contributed by atoms with Gasteiger partial charge < -0.3 is 10.6 Å². The largest absolute Gasteiger partial charge is 0.350 e. The maximum absolute atomic E-state index is 13.3. The van der Waals surface area contributed by atoms with Crippen molar-refractivity contribution in [2.45, 2.75) is 39.8 Å².